The molecule has 4 aliphatic carbocycles. The number of thioether (sulfide) groups is 1. The number of carbonyl (C=O) groups is 3. The lowest BCUT2D eigenvalue weighted by atomic mass is 9.44. The van der Waals surface area contributed by atoms with Gasteiger partial charge in [0.2, 0.25) is 5.12 Å². The van der Waals surface area contributed by atoms with E-state index in [0.717, 1.165) is 17.8 Å². The number of ketones is 1. The third-order valence-electron chi connectivity index (χ3n) is 8.96. The molecule has 0 radical (unpaired) electrons. The fraction of sp³-hybridized carbons (Fsp3) is 0.708. The number of ether oxygens (including phenoxy) is 1. The van der Waals surface area contributed by atoms with Gasteiger partial charge in [0.1, 0.15) is 6.17 Å². The maximum Gasteiger partial charge on any atom is 0.303 e. The van der Waals surface area contributed by atoms with Crippen molar-refractivity contribution in [3.63, 3.8) is 0 Å². The van der Waals surface area contributed by atoms with Crippen LogP contribution in [-0.4, -0.2) is 49.3 Å². The van der Waals surface area contributed by atoms with Crippen molar-refractivity contribution in [3.05, 3.63) is 23.8 Å². The molecule has 9 atom stereocenters. The van der Waals surface area contributed by atoms with Gasteiger partial charge in [-0.25, -0.2) is 8.78 Å². The van der Waals surface area contributed by atoms with Gasteiger partial charge in [-0.2, -0.15) is 0 Å². The minimum absolute atomic E-state index is 0.0604. The summed E-state index contributed by atoms with van der Waals surface area (Å²) >= 11 is 3.09. The second-order valence-electron chi connectivity index (χ2n) is 10.4. The van der Waals surface area contributed by atoms with E-state index in [1.807, 2.05) is 6.92 Å². The molecule has 0 bridgehead atoms. The first-order valence-electron chi connectivity index (χ1n) is 11.2. The summed E-state index contributed by atoms with van der Waals surface area (Å²) in [6.45, 7) is 6.37. The molecule has 0 aromatic heterocycles. The van der Waals surface area contributed by atoms with Crippen LogP contribution >= 0.6 is 34.4 Å². The van der Waals surface area contributed by atoms with Crippen molar-refractivity contribution in [1.82, 2.24) is 0 Å². The van der Waals surface area contributed by atoms with Crippen LogP contribution in [0.4, 0.5) is 8.78 Å². The van der Waals surface area contributed by atoms with Crippen LogP contribution in [0.3, 0.4) is 0 Å². The Hall–Kier alpha value is -0.810. The number of allylic oxidation sites excluding steroid dienone is 4. The Kier molecular flexibility index (Phi) is 6.22. The first-order valence-corrected chi connectivity index (χ1v) is 13.7. The van der Waals surface area contributed by atoms with Crippen LogP contribution in [-0.2, 0) is 19.1 Å². The summed E-state index contributed by atoms with van der Waals surface area (Å²) in [6.07, 6.45) is 0.746. The van der Waals surface area contributed by atoms with Crippen LogP contribution in [0.2, 0.25) is 0 Å². The molecule has 9 heteroatoms. The van der Waals surface area contributed by atoms with Crippen LogP contribution in [0.15, 0.2) is 23.8 Å². The monoisotopic (exact) mass is 594 g/mol. The van der Waals surface area contributed by atoms with Crippen LogP contribution in [0.1, 0.15) is 47.0 Å². The largest absolute Gasteiger partial charge is 0.449 e. The molecule has 0 saturated heterocycles. The molecule has 1 unspecified atom stereocenters. The summed E-state index contributed by atoms with van der Waals surface area (Å²) in [5.41, 5.74) is -6.26. The summed E-state index contributed by atoms with van der Waals surface area (Å²) in [4.78, 5) is 37.6. The second-order valence-corrected chi connectivity index (χ2v) is 13.1. The SMILES string of the molecule is CC(=O)O[C@]1(C(=O)SCI)[C@H](C)C[C@H]2C3C[C@H](F)C4=CC(=O)C=C[C@]4(C)[C@@]3(F)[C@@H](O)C[C@@]21C. The van der Waals surface area contributed by atoms with Crippen molar-refractivity contribution < 1.29 is 33.0 Å². The van der Waals surface area contributed by atoms with Gasteiger partial charge >= 0.3 is 5.97 Å². The summed E-state index contributed by atoms with van der Waals surface area (Å²) in [6, 6.07) is 0. The Morgan fingerprint density at radius 3 is 2.58 bits per heavy atom. The predicted octanol–water partition coefficient (Wildman–Crippen LogP) is 4.51. The van der Waals surface area contributed by atoms with Gasteiger partial charge in [0.15, 0.2) is 17.1 Å². The zero-order valence-corrected chi connectivity index (χ0v) is 22.0. The lowest BCUT2D eigenvalue weighted by Gasteiger charge is -2.63. The van der Waals surface area contributed by atoms with E-state index < -0.39 is 63.9 Å². The number of rotatable bonds is 3. The first kappa shape index (κ1) is 25.3. The number of hydrogen-bond donors (Lipinski definition) is 1. The molecule has 0 aromatic carbocycles. The minimum Gasteiger partial charge on any atom is -0.449 e. The third-order valence-corrected chi connectivity index (χ3v) is 10.6. The van der Waals surface area contributed by atoms with Gasteiger partial charge in [-0.3, -0.25) is 14.4 Å². The normalized spacial score (nSPS) is 48.4. The van der Waals surface area contributed by atoms with E-state index >= 15 is 8.78 Å². The summed E-state index contributed by atoms with van der Waals surface area (Å²) in [7, 11) is 0. The Labute approximate surface area is 210 Å². The molecular formula is C24H29F2IO5S. The number of aliphatic hydroxyl groups is 1. The van der Waals surface area contributed by atoms with Gasteiger partial charge in [-0.05, 0) is 49.8 Å². The number of fused-ring (bicyclic) bond motifs is 5. The maximum absolute atomic E-state index is 17.2. The second kappa shape index (κ2) is 8.11. The van der Waals surface area contributed by atoms with Gasteiger partial charge in [-0.15, -0.1) is 0 Å². The molecule has 3 saturated carbocycles. The zero-order valence-electron chi connectivity index (χ0n) is 19.1. The summed E-state index contributed by atoms with van der Waals surface area (Å²) in [5.74, 6) is -2.86. The smallest absolute Gasteiger partial charge is 0.303 e. The van der Waals surface area contributed by atoms with E-state index in [4.69, 9.17) is 4.74 Å². The molecule has 0 amide bonds. The highest BCUT2D eigenvalue weighted by Gasteiger charge is 2.78. The molecule has 0 aromatic rings. The van der Waals surface area contributed by atoms with Gasteiger partial charge in [0.25, 0.3) is 0 Å². The zero-order chi connectivity index (χ0) is 24.6. The molecule has 4 rings (SSSR count). The predicted molar refractivity (Wildman–Crippen MR) is 129 cm³/mol. The van der Waals surface area contributed by atoms with E-state index in [2.05, 4.69) is 22.6 Å². The molecular weight excluding hydrogens is 565 g/mol. The maximum atomic E-state index is 17.2. The lowest BCUT2D eigenvalue weighted by Crippen LogP contribution is -2.70. The van der Waals surface area contributed by atoms with E-state index in [0.29, 0.717) is 10.2 Å². The molecule has 182 valence electrons. The van der Waals surface area contributed by atoms with Crippen molar-refractivity contribution >= 4 is 51.2 Å². The Balaban J connectivity index is 1.88. The highest BCUT2D eigenvalue weighted by Crippen LogP contribution is 2.72. The molecule has 0 aliphatic heterocycles. The Morgan fingerprint density at radius 2 is 1.97 bits per heavy atom. The average Bonchev–Trinajstić information content (AvgIpc) is 2.93. The molecule has 1 N–H and O–H groups in total. The van der Waals surface area contributed by atoms with Crippen molar-refractivity contribution in [2.75, 3.05) is 3.76 Å². The van der Waals surface area contributed by atoms with Crippen LogP contribution in [0.25, 0.3) is 0 Å². The lowest BCUT2D eigenvalue weighted by molar-refractivity contribution is -0.228. The number of alkyl halides is 3. The van der Waals surface area contributed by atoms with Crippen LogP contribution in [0.5, 0.6) is 0 Å². The quantitative estimate of drug-likeness (QED) is 0.295. The minimum atomic E-state index is -2.23. The molecule has 33 heavy (non-hydrogen) atoms. The number of carbonyl (C=O) groups excluding carboxylic acids is 3. The van der Waals surface area contributed by atoms with E-state index in [1.54, 1.807) is 13.8 Å². The summed E-state index contributed by atoms with van der Waals surface area (Å²) in [5, 5.41) is 11.1. The molecule has 0 spiro atoms. The van der Waals surface area contributed by atoms with Crippen molar-refractivity contribution in [3.8, 4) is 0 Å². The van der Waals surface area contributed by atoms with E-state index in [-0.39, 0.29) is 23.5 Å². The van der Waals surface area contributed by atoms with Crippen LogP contribution in [0, 0.1) is 28.6 Å². The Bertz CT molecular complexity index is 971. The standard InChI is InChI=1S/C24H29F2IO5S/c1-12-7-15-16-9-18(25)17-8-14(29)5-6-21(17,3)23(16,26)19(30)10-22(15,4)24(12,32-13(2)28)20(31)33-11-27/h5-6,8,12,15-16,18-19,30H,7,9-11H2,1-4H3/t12-,15+,16?,18+,19+,21+,22+,23+,24+/m1/s1. The Morgan fingerprint density at radius 1 is 1.30 bits per heavy atom. The van der Waals surface area contributed by atoms with Crippen LogP contribution < -0.4 is 0 Å². The van der Waals surface area contributed by atoms with E-state index in [1.165, 1.54) is 19.1 Å². The van der Waals surface area contributed by atoms with Gasteiger partial charge in [0, 0.05) is 29.6 Å². The molecule has 4 aliphatic rings. The number of aliphatic hydroxyl groups excluding tert-OH is 1. The number of hydrogen-bond acceptors (Lipinski definition) is 6. The summed E-state index contributed by atoms with van der Waals surface area (Å²) < 4.78 is 39.0. The highest BCUT2D eigenvalue weighted by molar-refractivity contribution is 14.1. The fourth-order valence-corrected chi connectivity index (χ4v) is 9.24. The average molecular weight is 594 g/mol. The van der Waals surface area contributed by atoms with Crippen molar-refractivity contribution in [2.45, 2.75) is 70.5 Å². The van der Waals surface area contributed by atoms with Crippen molar-refractivity contribution in [1.29, 1.82) is 0 Å². The molecule has 3 fully saturated rings. The number of esters is 1. The van der Waals surface area contributed by atoms with Gasteiger partial charge in [-0.1, -0.05) is 54.3 Å². The first-order chi connectivity index (χ1) is 15.3. The van der Waals surface area contributed by atoms with Crippen molar-refractivity contribution in [2.24, 2.45) is 28.6 Å². The number of halogens is 3. The highest BCUT2D eigenvalue weighted by atomic mass is 127. The van der Waals surface area contributed by atoms with Gasteiger partial charge in [0.05, 0.1) is 9.86 Å². The fourth-order valence-electron chi connectivity index (χ4n) is 7.60. The topological polar surface area (TPSA) is 80.7 Å². The molecule has 0 heterocycles. The van der Waals surface area contributed by atoms with Gasteiger partial charge < -0.3 is 9.84 Å². The van der Waals surface area contributed by atoms with E-state index in [9.17, 15) is 19.5 Å². The third kappa shape index (κ3) is 3.13. The molecule has 5 nitrogen and oxygen atoms in total.